The number of carbonyl (C=O) groups is 1. The van der Waals surface area contributed by atoms with E-state index in [1.54, 1.807) is 7.11 Å². The van der Waals surface area contributed by atoms with Gasteiger partial charge in [-0.2, -0.15) is 0 Å². The van der Waals surface area contributed by atoms with E-state index in [0.717, 1.165) is 36.6 Å². The molecule has 0 spiro atoms. The molecule has 0 fully saturated rings. The Bertz CT molecular complexity index is 529. The Morgan fingerprint density at radius 3 is 2.00 bits per heavy atom. The van der Waals surface area contributed by atoms with Gasteiger partial charge < -0.3 is 15.0 Å². The lowest BCUT2D eigenvalue weighted by molar-refractivity contribution is -0.105. The molecule has 4 heteroatoms. The van der Waals surface area contributed by atoms with E-state index in [1.165, 1.54) is 51.4 Å². The highest BCUT2D eigenvalue weighted by atomic mass is 16.5. The molecule has 0 aliphatic rings. The van der Waals surface area contributed by atoms with Gasteiger partial charge in [0, 0.05) is 18.8 Å². The second-order valence-corrected chi connectivity index (χ2v) is 7.89. The van der Waals surface area contributed by atoms with Crippen molar-refractivity contribution < 1.29 is 9.53 Å². The van der Waals surface area contributed by atoms with Gasteiger partial charge in [0.25, 0.3) is 0 Å². The molecule has 0 saturated heterocycles. The summed E-state index contributed by atoms with van der Waals surface area (Å²) in [6.45, 7) is 11.2. The van der Waals surface area contributed by atoms with Crippen molar-refractivity contribution in [3.8, 4) is 5.75 Å². The van der Waals surface area contributed by atoms with Crippen LogP contribution < -0.4 is 15.0 Å². The molecular weight excluding hydrogens is 348 g/mol. The Kier molecular flexibility index (Phi) is 12.4. The van der Waals surface area contributed by atoms with Crippen LogP contribution in [0.5, 0.6) is 5.75 Å². The van der Waals surface area contributed by atoms with Crippen LogP contribution in [-0.4, -0.2) is 26.6 Å². The van der Waals surface area contributed by atoms with Crippen LogP contribution >= 0.6 is 0 Å². The predicted octanol–water partition coefficient (Wildman–Crippen LogP) is 6.50. The van der Waals surface area contributed by atoms with Gasteiger partial charge in [-0.1, -0.05) is 66.2 Å². The maximum Gasteiger partial charge on any atom is 0.211 e. The van der Waals surface area contributed by atoms with Gasteiger partial charge in [-0.15, -0.1) is 0 Å². The minimum atomic E-state index is 0.677. The third-order valence-electron chi connectivity index (χ3n) is 5.79. The minimum Gasteiger partial charge on any atom is -0.495 e. The average molecular weight is 391 g/mol. The molecule has 0 saturated carbocycles. The SMILES string of the molecule is CCCCC(CC)CN(CC(CC)CCCC)c1cc(NC=O)ccc1OC. The van der Waals surface area contributed by atoms with Gasteiger partial charge in [0.2, 0.25) is 6.41 Å². The normalized spacial score (nSPS) is 13.0. The summed E-state index contributed by atoms with van der Waals surface area (Å²) < 4.78 is 5.69. The molecule has 0 aromatic heterocycles. The second-order valence-electron chi connectivity index (χ2n) is 7.89. The number of nitrogens with one attached hydrogen (secondary N) is 1. The monoisotopic (exact) mass is 390 g/mol. The first kappa shape index (κ1) is 24.3. The van der Waals surface area contributed by atoms with Crippen molar-refractivity contribution in [3.05, 3.63) is 18.2 Å². The van der Waals surface area contributed by atoms with Gasteiger partial charge in [-0.25, -0.2) is 0 Å². The third kappa shape index (κ3) is 8.12. The van der Waals surface area contributed by atoms with Gasteiger partial charge in [0.05, 0.1) is 12.8 Å². The van der Waals surface area contributed by atoms with Gasteiger partial charge in [-0.05, 0) is 42.9 Å². The van der Waals surface area contributed by atoms with E-state index in [1.807, 2.05) is 12.1 Å². The molecule has 1 rings (SSSR count). The Balaban J connectivity index is 3.16. The summed E-state index contributed by atoms with van der Waals surface area (Å²) in [7, 11) is 1.73. The highest BCUT2D eigenvalue weighted by Crippen LogP contribution is 2.34. The number of anilines is 2. The molecule has 2 unspecified atom stereocenters. The van der Waals surface area contributed by atoms with Crippen molar-refractivity contribution in [2.45, 2.75) is 79.1 Å². The Morgan fingerprint density at radius 1 is 1.00 bits per heavy atom. The molecule has 0 aliphatic heterocycles. The molecule has 4 nitrogen and oxygen atoms in total. The number of unbranched alkanes of at least 4 members (excludes halogenated alkanes) is 2. The van der Waals surface area contributed by atoms with Crippen LogP contribution in [0, 0.1) is 11.8 Å². The number of benzene rings is 1. The van der Waals surface area contributed by atoms with Gasteiger partial charge in [0.1, 0.15) is 5.75 Å². The second kappa shape index (κ2) is 14.3. The lowest BCUT2D eigenvalue weighted by Gasteiger charge is -2.33. The minimum absolute atomic E-state index is 0.677. The van der Waals surface area contributed by atoms with Crippen LogP contribution in [0.15, 0.2) is 18.2 Å². The quantitative estimate of drug-likeness (QED) is 0.327. The van der Waals surface area contributed by atoms with Crippen molar-refractivity contribution in [3.63, 3.8) is 0 Å². The third-order valence-corrected chi connectivity index (χ3v) is 5.79. The maximum absolute atomic E-state index is 10.9. The largest absolute Gasteiger partial charge is 0.495 e. The van der Waals surface area contributed by atoms with Crippen molar-refractivity contribution in [2.24, 2.45) is 11.8 Å². The molecule has 2 atom stereocenters. The van der Waals surface area contributed by atoms with Crippen LogP contribution in [-0.2, 0) is 4.79 Å². The predicted molar refractivity (Wildman–Crippen MR) is 122 cm³/mol. The summed E-state index contributed by atoms with van der Waals surface area (Å²) in [6, 6.07) is 5.93. The highest BCUT2D eigenvalue weighted by Gasteiger charge is 2.20. The van der Waals surface area contributed by atoms with E-state index in [4.69, 9.17) is 4.74 Å². The van der Waals surface area contributed by atoms with Crippen molar-refractivity contribution >= 4 is 17.8 Å². The summed E-state index contributed by atoms with van der Waals surface area (Å²) in [5.74, 6) is 2.24. The fourth-order valence-electron chi connectivity index (χ4n) is 3.82. The van der Waals surface area contributed by atoms with Gasteiger partial charge >= 0.3 is 0 Å². The summed E-state index contributed by atoms with van der Waals surface area (Å²) in [4.78, 5) is 13.5. The Morgan fingerprint density at radius 2 is 1.57 bits per heavy atom. The molecule has 1 aromatic rings. The Labute approximate surface area is 173 Å². The topological polar surface area (TPSA) is 41.6 Å². The van der Waals surface area contributed by atoms with Crippen LogP contribution in [0.4, 0.5) is 11.4 Å². The van der Waals surface area contributed by atoms with Crippen LogP contribution in [0.25, 0.3) is 0 Å². The van der Waals surface area contributed by atoms with E-state index in [9.17, 15) is 4.79 Å². The first-order valence-electron chi connectivity index (χ1n) is 11.3. The molecule has 0 radical (unpaired) electrons. The number of methoxy groups -OCH3 is 1. The summed E-state index contributed by atoms with van der Waals surface area (Å²) in [5.41, 5.74) is 1.92. The Hall–Kier alpha value is -1.71. The smallest absolute Gasteiger partial charge is 0.211 e. The number of hydrogen-bond donors (Lipinski definition) is 1. The maximum atomic E-state index is 10.9. The van der Waals surface area contributed by atoms with E-state index in [-0.39, 0.29) is 0 Å². The molecule has 28 heavy (non-hydrogen) atoms. The van der Waals surface area contributed by atoms with Crippen LogP contribution in [0.3, 0.4) is 0 Å². The number of nitrogens with zero attached hydrogens (tertiary/aromatic N) is 1. The standard InChI is InChI=1S/C24H42N2O2/c1-6-10-12-20(8-3)17-26(18-21(9-4)13-11-7-2)23-16-22(25-19-27)14-15-24(23)28-5/h14-16,19-21H,6-13,17-18H2,1-5H3,(H,25,27). The summed E-state index contributed by atoms with van der Waals surface area (Å²) >= 11 is 0. The zero-order valence-corrected chi connectivity index (χ0v) is 18.8. The van der Waals surface area contributed by atoms with E-state index in [2.05, 4.69) is 44.0 Å². The molecule has 1 aromatic carbocycles. The van der Waals surface area contributed by atoms with Gasteiger partial charge in [0.15, 0.2) is 0 Å². The molecule has 0 heterocycles. The lowest BCUT2D eigenvalue weighted by Crippen LogP contribution is -2.34. The number of rotatable bonds is 16. The van der Waals surface area contributed by atoms with E-state index >= 15 is 0 Å². The van der Waals surface area contributed by atoms with Crippen molar-refractivity contribution in [1.29, 1.82) is 0 Å². The molecule has 160 valence electrons. The molecule has 0 aliphatic carbocycles. The molecule has 1 N–H and O–H groups in total. The van der Waals surface area contributed by atoms with Crippen LogP contribution in [0.1, 0.15) is 79.1 Å². The first-order chi connectivity index (χ1) is 13.6. The van der Waals surface area contributed by atoms with Crippen molar-refractivity contribution in [2.75, 3.05) is 30.4 Å². The number of hydrogen-bond acceptors (Lipinski definition) is 3. The first-order valence-corrected chi connectivity index (χ1v) is 11.3. The number of amides is 1. The van der Waals surface area contributed by atoms with Crippen molar-refractivity contribution in [1.82, 2.24) is 0 Å². The molecule has 1 amide bonds. The van der Waals surface area contributed by atoms with Crippen LogP contribution in [0.2, 0.25) is 0 Å². The molecular formula is C24H42N2O2. The zero-order chi connectivity index (χ0) is 20.8. The van der Waals surface area contributed by atoms with E-state index in [0.29, 0.717) is 11.8 Å². The zero-order valence-electron chi connectivity index (χ0n) is 18.8. The fraction of sp³-hybridized carbons (Fsp3) is 0.708. The fourth-order valence-corrected chi connectivity index (χ4v) is 3.82. The number of carbonyl (C=O) groups excluding carboxylic acids is 1. The lowest BCUT2D eigenvalue weighted by atomic mass is 9.95. The summed E-state index contributed by atoms with van der Waals surface area (Å²) in [6.07, 6.45) is 10.7. The van der Waals surface area contributed by atoms with E-state index < -0.39 is 0 Å². The van der Waals surface area contributed by atoms with Gasteiger partial charge in [-0.3, -0.25) is 4.79 Å². The summed E-state index contributed by atoms with van der Waals surface area (Å²) in [5, 5.41) is 2.79. The number of ether oxygens (including phenoxy) is 1. The highest BCUT2D eigenvalue weighted by molar-refractivity contribution is 5.76. The average Bonchev–Trinajstić information content (AvgIpc) is 2.72. The molecule has 0 bridgehead atoms.